The predicted octanol–water partition coefficient (Wildman–Crippen LogP) is 4.97. The zero-order valence-electron chi connectivity index (χ0n) is 16.0. The first-order valence-electron chi connectivity index (χ1n) is 9.41. The minimum Gasteiger partial charge on any atom is -0.383 e. The van der Waals surface area contributed by atoms with Crippen LogP contribution in [0.2, 0.25) is 5.02 Å². The van der Waals surface area contributed by atoms with E-state index in [2.05, 4.69) is 46.3 Å². The highest BCUT2D eigenvalue weighted by Gasteiger charge is 2.22. The highest BCUT2D eigenvalue weighted by Crippen LogP contribution is 2.29. The van der Waals surface area contributed by atoms with Crippen LogP contribution < -0.4 is 5.73 Å². The Bertz CT molecular complexity index is 1110. The van der Waals surface area contributed by atoms with E-state index in [-0.39, 0.29) is 5.92 Å². The maximum Gasteiger partial charge on any atom is 0.234 e. The first-order chi connectivity index (χ1) is 14.1. The topological polar surface area (TPSA) is 77.8 Å². The van der Waals surface area contributed by atoms with Crippen molar-refractivity contribution in [2.24, 2.45) is 0 Å². The van der Waals surface area contributed by atoms with E-state index >= 15 is 0 Å². The number of rotatable bonds is 6. The van der Waals surface area contributed by atoms with E-state index in [0.29, 0.717) is 29.0 Å². The first kappa shape index (κ1) is 19.2. The summed E-state index contributed by atoms with van der Waals surface area (Å²) in [5.41, 5.74) is 10.3. The van der Waals surface area contributed by atoms with E-state index in [1.54, 1.807) is 6.20 Å². The van der Waals surface area contributed by atoms with Crippen molar-refractivity contribution in [3.05, 3.63) is 106 Å². The number of hydrogen-bond acceptors (Lipinski definition) is 5. The van der Waals surface area contributed by atoms with Crippen LogP contribution in [-0.4, -0.2) is 15.1 Å². The molecular weight excluding hydrogens is 384 g/mol. The summed E-state index contributed by atoms with van der Waals surface area (Å²) in [6, 6.07) is 20.0. The number of hydrogen-bond donors (Lipinski definition) is 1. The minimum atomic E-state index is -0.0936. The zero-order valence-corrected chi connectivity index (χ0v) is 16.8. The molecule has 0 amide bonds. The molecular formula is C23H21ClN4O. The number of anilines is 1. The SMILES string of the molecule is Cc1ccc(CC(c2cccc(Cl)c2)c2nc(Cc3cccnc3N)no2)cc1. The second-order valence-electron chi connectivity index (χ2n) is 7.07. The number of aromatic nitrogens is 3. The highest BCUT2D eigenvalue weighted by molar-refractivity contribution is 6.30. The average molecular weight is 405 g/mol. The molecule has 2 aromatic heterocycles. The predicted molar refractivity (Wildman–Crippen MR) is 114 cm³/mol. The van der Waals surface area contributed by atoms with Crippen molar-refractivity contribution in [1.29, 1.82) is 0 Å². The standard InChI is InChI=1S/C23H21ClN4O/c1-15-7-9-16(10-8-15)12-20(17-4-2-6-19(24)13-17)23-27-21(28-29-23)14-18-5-3-11-26-22(18)25/h2-11,13,20H,12,14H2,1H3,(H2,25,26). The molecule has 0 aliphatic rings. The molecule has 1 unspecified atom stereocenters. The molecule has 0 aliphatic carbocycles. The summed E-state index contributed by atoms with van der Waals surface area (Å²) < 4.78 is 5.66. The largest absolute Gasteiger partial charge is 0.383 e. The molecule has 29 heavy (non-hydrogen) atoms. The molecule has 2 N–H and O–H groups in total. The Morgan fingerprint density at radius 3 is 2.66 bits per heavy atom. The smallest absolute Gasteiger partial charge is 0.234 e. The first-order valence-corrected chi connectivity index (χ1v) is 9.79. The van der Waals surface area contributed by atoms with Gasteiger partial charge in [-0.05, 0) is 42.7 Å². The lowest BCUT2D eigenvalue weighted by Gasteiger charge is -2.14. The van der Waals surface area contributed by atoms with Gasteiger partial charge in [-0.25, -0.2) is 4.98 Å². The van der Waals surface area contributed by atoms with Crippen molar-refractivity contribution in [1.82, 2.24) is 15.1 Å². The number of benzene rings is 2. The number of pyridine rings is 1. The number of nitrogens with zero attached hydrogens (tertiary/aromatic N) is 3. The third-order valence-electron chi connectivity index (χ3n) is 4.87. The van der Waals surface area contributed by atoms with Crippen LogP contribution in [-0.2, 0) is 12.8 Å². The van der Waals surface area contributed by atoms with E-state index in [4.69, 9.17) is 21.9 Å². The fourth-order valence-corrected chi connectivity index (χ4v) is 3.48. The van der Waals surface area contributed by atoms with Crippen molar-refractivity contribution in [2.45, 2.75) is 25.7 Å². The third kappa shape index (κ3) is 4.63. The van der Waals surface area contributed by atoms with Crippen molar-refractivity contribution < 1.29 is 4.52 Å². The van der Waals surface area contributed by atoms with Crippen LogP contribution in [0.5, 0.6) is 0 Å². The molecule has 0 saturated carbocycles. The van der Waals surface area contributed by atoms with Crippen LogP contribution in [0.15, 0.2) is 71.4 Å². The summed E-state index contributed by atoms with van der Waals surface area (Å²) in [6.45, 7) is 2.08. The average Bonchev–Trinajstić information content (AvgIpc) is 3.17. The van der Waals surface area contributed by atoms with Gasteiger partial charge in [0.2, 0.25) is 5.89 Å². The Morgan fingerprint density at radius 2 is 1.90 bits per heavy atom. The van der Waals surface area contributed by atoms with Gasteiger partial charge in [-0.2, -0.15) is 4.98 Å². The molecule has 2 aromatic carbocycles. The van der Waals surface area contributed by atoms with E-state index in [0.717, 1.165) is 17.5 Å². The normalized spacial score (nSPS) is 12.1. The van der Waals surface area contributed by atoms with Crippen LogP contribution in [0.1, 0.15) is 39.9 Å². The maximum absolute atomic E-state index is 6.24. The van der Waals surface area contributed by atoms with E-state index in [1.807, 2.05) is 36.4 Å². The monoisotopic (exact) mass is 404 g/mol. The van der Waals surface area contributed by atoms with E-state index in [9.17, 15) is 0 Å². The van der Waals surface area contributed by atoms with Crippen LogP contribution >= 0.6 is 11.6 Å². The molecule has 0 bridgehead atoms. The van der Waals surface area contributed by atoms with Crippen LogP contribution in [0.3, 0.4) is 0 Å². The summed E-state index contributed by atoms with van der Waals surface area (Å²) in [7, 11) is 0. The molecule has 1 atom stereocenters. The lowest BCUT2D eigenvalue weighted by molar-refractivity contribution is 0.360. The molecule has 0 saturated heterocycles. The third-order valence-corrected chi connectivity index (χ3v) is 5.10. The minimum absolute atomic E-state index is 0.0936. The van der Waals surface area contributed by atoms with Crippen molar-refractivity contribution in [2.75, 3.05) is 5.73 Å². The van der Waals surface area contributed by atoms with Gasteiger partial charge in [0.05, 0.1) is 5.92 Å². The van der Waals surface area contributed by atoms with Gasteiger partial charge < -0.3 is 10.3 Å². The van der Waals surface area contributed by atoms with E-state index in [1.165, 1.54) is 11.1 Å². The molecule has 4 rings (SSSR count). The lowest BCUT2D eigenvalue weighted by Crippen LogP contribution is -2.06. The van der Waals surface area contributed by atoms with Crippen LogP contribution in [0.25, 0.3) is 0 Å². The Labute approximate surface area is 174 Å². The van der Waals surface area contributed by atoms with Gasteiger partial charge in [0.1, 0.15) is 5.82 Å². The van der Waals surface area contributed by atoms with Crippen molar-refractivity contribution >= 4 is 17.4 Å². The van der Waals surface area contributed by atoms with Crippen LogP contribution in [0, 0.1) is 6.92 Å². The second kappa shape index (κ2) is 8.45. The fourth-order valence-electron chi connectivity index (χ4n) is 3.28. The van der Waals surface area contributed by atoms with Gasteiger partial charge in [0.25, 0.3) is 0 Å². The Morgan fingerprint density at radius 1 is 1.07 bits per heavy atom. The van der Waals surface area contributed by atoms with Gasteiger partial charge in [-0.3, -0.25) is 0 Å². The van der Waals surface area contributed by atoms with Gasteiger partial charge in [0, 0.05) is 23.2 Å². The summed E-state index contributed by atoms with van der Waals surface area (Å²) in [5, 5.41) is 4.85. The number of nitrogen functional groups attached to an aromatic ring is 1. The molecule has 0 fully saturated rings. The summed E-state index contributed by atoms with van der Waals surface area (Å²) >= 11 is 6.24. The maximum atomic E-state index is 6.24. The van der Waals surface area contributed by atoms with Gasteiger partial charge in [0.15, 0.2) is 5.82 Å². The van der Waals surface area contributed by atoms with E-state index < -0.39 is 0 Å². The van der Waals surface area contributed by atoms with Crippen LogP contribution in [0.4, 0.5) is 5.82 Å². The molecule has 0 radical (unpaired) electrons. The highest BCUT2D eigenvalue weighted by atomic mass is 35.5. The number of halogens is 1. The number of aryl methyl sites for hydroxylation is 1. The molecule has 4 aromatic rings. The molecule has 0 spiro atoms. The van der Waals surface area contributed by atoms with Gasteiger partial charge >= 0.3 is 0 Å². The molecule has 2 heterocycles. The quantitative estimate of drug-likeness (QED) is 0.490. The molecule has 0 aliphatic heterocycles. The van der Waals surface area contributed by atoms with Crippen molar-refractivity contribution in [3.63, 3.8) is 0 Å². The van der Waals surface area contributed by atoms with Gasteiger partial charge in [-0.15, -0.1) is 0 Å². The fraction of sp³-hybridized carbons (Fsp3) is 0.174. The summed E-state index contributed by atoms with van der Waals surface area (Å²) in [6.07, 6.45) is 2.87. The molecule has 146 valence electrons. The van der Waals surface area contributed by atoms with Gasteiger partial charge in [-0.1, -0.05) is 64.8 Å². The number of nitrogens with two attached hydrogens (primary N) is 1. The Hall–Kier alpha value is -3.18. The molecule has 5 nitrogen and oxygen atoms in total. The molecule has 6 heteroatoms. The van der Waals surface area contributed by atoms with Crippen molar-refractivity contribution in [3.8, 4) is 0 Å². The summed E-state index contributed by atoms with van der Waals surface area (Å²) in [4.78, 5) is 8.78. The Kier molecular flexibility index (Phi) is 5.58. The zero-order chi connectivity index (χ0) is 20.2. The second-order valence-corrected chi connectivity index (χ2v) is 7.51. The lowest BCUT2D eigenvalue weighted by atomic mass is 9.91. The Balaban J connectivity index is 1.65. The summed E-state index contributed by atoms with van der Waals surface area (Å²) in [5.74, 6) is 1.52.